The number of carbonyl (C=O) groups excluding carboxylic acids is 1. The van der Waals surface area contributed by atoms with E-state index in [1.165, 1.54) is 24.3 Å². The number of nitrogens with zero attached hydrogens (tertiary/aromatic N) is 2. The first-order valence-corrected chi connectivity index (χ1v) is 9.17. The molecule has 0 saturated heterocycles. The molecule has 1 aliphatic rings. The molecule has 1 aromatic heterocycles. The zero-order valence-corrected chi connectivity index (χ0v) is 14.8. The largest absolute Gasteiger partial charge is 0.346 e. The van der Waals surface area contributed by atoms with Crippen molar-refractivity contribution in [2.45, 2.75) is 24.5 Å². The van der Waals surface area contributed by atoms with E-state index in [1.54, 1.807) is 0 Å². The topological polar surface area (TPSA) is 93.1 Å². The first kappa shape index (κ1) is 18.4. The van der Waals surface area contributed by atoms with Crippen molar-refractivity contribution in [3.63, 3.8) is 0 Å². The third-order valence-electron chi connectivity index (χ3n) is 3.70. The highest BCUT2D eigenvalue weighted by Gasteiger charge is 2.13. The first-order chi connectivity index (χ1) is 10.9. The number of rotatable bonds is 4. The lowest BCUT2D eigenvalue weighted by Gasteiger charge is -2.13. The summed E-state index contributed by atoms with van der Waals surface area (Å²) in [7, 11) is -3.25. The number of halogens is 1. The second kappa shape index (κ2) is 7.33. The Morgan fingerprint density at radius 1 is 1.33 bits per heavy atom. The Bertz CT molecular complexity index is 807. The lowest BCUT2D eigenvalue weighted by molar-refractivity contribution is 0.0950. The quantitative estimate of drug-likeness (QED) is 0.828. The minimum atomic E-state index is -3.25. The number of aromatic nitrogens is 2. The SMILES string of the molecule is CS(=O)(=O)c1ccc(C(=O)NCc2cc3n(n2)CCNC3)cc1.Cl. The number of nitrogens with one attached hydrogen (secondary N) is 2. The van der Waals surface area contributed by atoms with Crippen LogP contribution >= 0.6 is 12.4 Å². The van der Waals surface area contributed by atoms with E-state index in [0.717, 1.165) is 37.3 Å². The Morgan fingerprint density at radius 3 is 2.67 bits per heavy atom. The zero-order valence-electron chi connectivity index (χ0n) is 13.2. The second-order valence-electron chi connectivity index (χ2n) is 5.51. The van der Waals surface area contributed by atoms with Gasteiger partial charge in [0.1, 0.15) is 0 Å². The standard InChI is InChI=1S/C15H18N4O3S.ClH/c1-23(21,22)14-4-2-11(3-5-14)15(20)17-9-12-8-13-10-16-6-7-19(13)18-12;/h2-5,8,16H,6-7,9-10H2,1H3,(H,17,20);1H. The molecule has 130 valence electrons. The zero-order chi connectivity index (χ0) is 16.4. The smallest absolute Gasteiger partial charge is 0.251 e. The first-order valence-electron chi connectivity index (χ1n) is 7.28. The third kappa shape index (κ3) is 4.14. The van der Waals surface area contributed by atoms with E-state index in [1.807, 2.05) is 10.7 Å². The van der Waals surface area contributed by atoms with Crippen LogP contribution in [0.3, 0.4) is 0 Å². The number of benzene rings is 1. The average molecular weight is 371 g/mol. The van der Waals surface area contributed by atoms with Crippen molar-refractivity contribution in [3.05, 3.63) is 47.3 Å². The molecule has 0 aliphatic carbocycles. The second-order valence-corrected chi connectivity index (χ2v) is 7.52. The van der Waals surface area contributed by atoms with Crippen LogP contribution in [0.5, 0.6) is 0 Å². The lowest BCUT2D eigenvalue weighted by atomic mass is 10.2. The molecule has 1 aliphatic heterocycles. The van der Waals surface area contributed by atoms with Crippen LogP contribution in [0, 0.1) is 0 Å². The average Bonchev–Trinajstić information content (AvgIpc) is 2.95. The maximum Gasteiger partial charge on any atom is 0.251 e. The Balaban J connectivity index is 0.00000208. The molecule has 0 unspecified atom stereocenters. The molecule has 0 saturated carbocycles. The van der Waals surface area contributed by atoms with Gasteiger partial charge in [0.15, 0.2) is 9.84 Å². The van der Waals surface area contributed by atoms with Gasteiger partial charge in [-0.05, 0) is 30.3 Å². The van der Waals surface area contributed by atoms with E-state index in [4.69, 9.17) is 0 Å². The van der Waals surface area contributed by atoms with Gasteiger partial charge >= 0.3 is 0 Å². The minimum Gasteiger partial charge on any atom is -0.346 e. The van der Waals surface area contributed by atoms with Crippen LogP contribution < -0.4 is 10.6 Å². The van der Waals surface area contributed by atoms with Crippen molar-refractivity contribution in [2.24, 2.45) is 0 Å². The van der Waals surface area contributed by atoms with E-state index in [9.17, 15) is 13.2 Å². The molecular weight excluding hydrogens is 352 g/mol. The van der Waals surface area contributed by atoms with Crippen molar-refractivity contribution in [1.82, 2.24) is 20.4 Å². The molecule has 0 bridgehead atoms. The Morgan fingerprint density at radius 2 is 2.04 bits per heavy atom. The van der Waals surface area contributed by atoms with Crippen LogP contribution in [0.4, 0.5) is 0 Å². The number of fused-ring (bicyclic) bond motifs is 1. The number of hydrogen-bond acceptors (Lipinski definition) is 5. The predicted molar refractivity (Wildman–Crippen MR) is 91.9 cm³/mol. The van der Waals surface area contributed by atoms with Crippen LogP contribution in [-0.2, 0) is 29.5 Å². The van der Waals surface area contributed by atoms with Crippen molar-refractivity contribution in [3.8, 4) is 0 Å². The summed E-state index contributed by atoms with van der Waals surface area (Å²) in [5, 5.41) is 10.5. The summed E-state index contributed by atoms with van der Waals surface area (Å²) in [5.41, 5.74) is 2.34. The monoisotopic (exact) mass is 370 g/mol. The fraction of sp³-hybridized carbons (Fsp3) is 0.333. The van der Waals surface area contributed by atoms with Crippen molar-refractivity contribution in [2.75, 3.05) is 12.8 Å². The third-order valence-corrected chi connectivity index (χ3v) is 4.82. The van der Waals surface area contributed by atoms with Gasteiger partial charge in [-0.2, -0.15) is 5.10 Å². The normalized spacial score (nSPS) is 13.7. The Labute approximate surface area is 146 Å². The maximum atomic E-state index is 12.1. The summed E-state index contributed by atoms with van der Waals surface area (Å²) < 4.78 is 24.8. The van der Waals surface area contributed by atoms with E-state index < -0.39 is 9.84 Å². The fourth-order valence-electron chi connectivity index (χ4n) is 2.47. The summed E-state index contributed by atoms with van der Waals surface area (Å²) in [6, 6.07) is 7.86. The summed E-state index contributed by atoms with van der Waals surface area (Å²) in [6.45, 7) is 2.85. The summed E-state index contributed by atoms with van der Waals surface area (Å²) in [4.78, 5) is 12.3. The van der Waals surface area contributed by atoms with Gasteiger partial charge in [-0.15, -0.1) is 12.4 Å². The molecule has 1 aromatic carbocycles. The molecule has 0 spiro atoms. The van der Waals surface area contributed by atoms with Crippen molar-refractivity contribution < 1.29 is 13.2 Å². The molecule has 24 heavy (non-hydrogen) atoms. The molecule has 1 amide bonds. The molecule has 0 radical (unpaired) electrons. The van der Waals surface area contributed by atoms with Crippen LogP contribution in [0.25, 0.3) is 0 Å². The van der Waals surface area contributed by atoms with Gasteiger partial charge in [-0.3, -0.25) is 9.48 Å². The van der Waals surface area contributed by atoms with E-state index >= 15 is 0 Å². The summed E-state index contributed by atoms with van der Waals surface area (Å²) in [6.07, 6.45) is 1.14. The number of sulfone groups is 1. The van der Waals surface area contributed by atoms with Crippen LogP contribution in [0.15, 0.2) is 35.2 Å². The fourth-order valence-corrected chi connectivity index (χ4v) is 3.10. The highest BCUT2D eigenvalue weighted by molar-refractivity contribution is 7.90. The van der Waals surface area contributed by atoms with Crippen LogP contribution in [0.1, 0.15) is 21.7 Å². The number of amides is 1. The number of hydrogen-bond donors (Lipinski definition) is 2. The van der Waals surface area contributed by atoms with Gasteiger partial charge in [0.2, 0.25) is 0 Å². The lowest BCUT2D eigenvalue weighted by Crippen LogP contribution is -2.28. The van der Waals surface area contributed by atoms with E-state index in [0.29, 0.717) is 12.1 Å². The Kier molecular flexibility index (Phi) is 5.63. The van der Waals surface area contributed by atoms with Crippen LogP contribution in [-0.4, -0.2) is 36.9 Å². The van der Waals surface area contributed by atoms with Crippen molar-refractivity contribution in [1.29, 1.82) is 0 Å². The van der Waals surface area contributed by atoms with Crippen molar-refractivity contribution >= 4 is 28.2 Å². The van der Waals surface area contributed by atoms with E-state index in [-0.39, 0.29) is 23.2 Å². The molecule has 0 fully saturated rings. The molecule has 7 nitrogen and oxygen atoms in total. The van der Waals surface area contributed by atoms with Gasteiger partial charge in [-0.1, -0.05) is 0 Å². The molecule has 2 aromatic rings. The van der Waals surface area contributed by atoms with E-state index in [2.05, 4.69) is 15.7 Å². The molecular formula is C15H19ClN4O3S. The molecule has 2 N–H and O–H groups in total. The molecule has 2 heterocycles. The number of carbonyl (C=O) groups is 1. The maximum absolute atomic E-state index is 12.1. The van der Waals surface area contributed by atoms with Crippen LogP contribution in [0.2, 0.25) is 0 Å². The van der Waals surface area contributed by atoms with Gasteiger partial charge in [0.05, 0.1) is 29.4 Å². The molecule has 9 heteroatoms. The summed E-state index contributed by atoms with van der Waals surface area (Å²) in [5.74, 6) is -0.255. The van der Waals surface area contributed by atoms with Gasteiger partial charge in [-0.25, -0.2) is 8.42 Å². The van der Waals surface area contributed by atoms with Gasteiger partial charge < -0.3 is 10.6 Å². The minimum absolute atomic E-state index is 0. The van der Waals surface area contributed by atoms with Gasteiger partial charge in [0, 0.05) is 24.9 Å². The Hall–Kier alpha value is -1.90. The van der Waals surface area contributed by atoms with Gasteiger partial charge in [0.25, 0.3) is 5.91 Å². The highest BCUT2D eigenvalue weighted by Crippen LogP contribution is 2.11. The summed E-state index contributed by atoms with van der Waals surface area (Å²) >= 11 is 0. The predicted octanol–water partition coefficient (Wildman–Crippen LogP) is 0.742. The molecule has 3 rings (SSSR count). The molecule has 0 atom stereocenters. The highest BCUT2D eigenvalue weighted by atomic mass is 35.5.